The number of nitrogens with one attached hydrogen (secondary N) is 2. The monoisotopic (exact) mass is 332 g/mol. The fourth-order valence-corrected chi connectivity index (χ4v) is 2.10. The second kappa shape index (κ2) is 8.19. The minimum Gasteiger partial charge on any atom is -0.495 e. The van der Waals surface area contributed by atoms with E-state index in [1.54, 1.807) is 36.4 Å². The molecule has 0 saturated carbocycles. The maximum atomic E-state index is 11.9. The molecule has 0 aromatic heterocycles. The second-order valence-electron chi connectivity index (χ2n) is 4.79. The number of halogens is 1. The van der Waals surface area contributed by atoms with Gasteiger partial charge < -0.3 is 15.4 Å². The van der Waals surface area contributed by atoms with Crippen molar-refractivity contribution >= 4 is 29.1 Å². The van der Waals surface area contributed by atoms with Gasteiger partial charge in [0.05, 0.1) is 12.8 Å². The van der Waals surface area contributed by atoms with Gasteiger partial charge in [0.2, 0.25) is 0 Å². The topological polar surface area (TPSA) is 67.4 Å². The van der Waals surface area contributed by atoms with E-state index in [9.17, 15) is 9.59 Å². The summed E-state index contributed by atoms with van der Waals surface area (Å²) in [5.41, 5.74) is 1.48. The van der Waals surface area contributed by atoms with Crippen LogP contribution in [0, 0.1) is 0 Å². The van der Waals surface area contributed by atoms with Crippen molar-refractivity contribution in [1.82, 2.24) is 5.32 Å². The Labute approximate surface area is 139 Å². The van der Waals surface area contributed by atoms with E-state index in [0.717, 1.165) is 5.56 Å². The SMILES string of the molecule is COc1ccccc1NC(=O)C(=O)NCCc1ccc(Cl)cc1. The van der Waals surface area contributed by atoms with Gasteiger partial charge in [-0.3, -0.25) is 9.59 Å². The van der Waals surface area contributed by atoms with Crippen molar-refractivity contribution in [1.29, 1.82) is 0 Å². The lowest BCUT2D eigenvalue weighted by Crippen LogP contribution is -2.36. The van der Waals surface area contributed by atoms with Crippen molar-refractivity contribution in [3.8, 4) is 5.75 Å². The molecule has 0 aliphatic rings. The molecule has 6 heteroatoms. The van der Waals surface area contributed by atoms with Crippen LogP contribution >= 0.6 is 11.6 Å². The Morgan fingerprint density at radius 2 is 1.74 bits per heavy atom. The van der Waals surface area contributed by atoms with Crippen molar-refractivity contribution in [2.75, 3.05) is 19.0 Å². The van der Waals surface area contributed by atoms with Crippen LogP contribution in [-0.4, -0.2) is 25.5 Å². The van der Waals surface area contributed by atoms with Crippen LogP contribution in [0.5, 0.6) is 5.75 Å². The number of methoxy groups -OCH3 is 1. The van der Waals surface area contributed by atoms with Crippen LogP contribution in [0.1, 0.15) is 5.56 Å². The van der Waals surface area contributed by atoms with Crippen LogP contribution in [0.25, 0.3) is 0 Å². The molecule has 0 saturated heterocycles. The molecule has 0 heterocycles. The van der Waals surface area contributed by atoms with Crippen molar-refractivity contribution in [3.63, 3.8) is 0 Å². The molecular weight excluding hydrogens is 316 g/mol. The standard InChI is InChI=1S/C17H17ClN2O3/c1-23-15-5-3-2-4-14(15)20-17(22)16(21)19-11-10-12-6-8-13(18)9-7-12/h2-9H,10-11H2,1H3,(H,19,21)(H,20,22). The normalized spacial score (nSPS) is 10.0. The third kappa shape index (κ3) is 5.00. The van der Waals surface area contributed by atoms with Crippen LogP contribution < -0.4 is 15.4 Å². The first-order chi connectivity index (χ1) is 11.1. The molecule has 2 rings (SSSR count). The van der Waals surface area contributed by atoms with Crippen LogP contribution in [0.15, 0.2) is 48.5 Å². The molecular formula is C17H17ClN2O3. The number of amides is 2. The summed E-state index contributed by atoms with van der Waals surface area (Å²) in [6.07, 6.45) is 0.616. The Hall–Kier alpha value is -2.53. The fraction of sp³-hybridized carbons (Fsp3) is 0.176. The highest BCUT2D eigenvalue weighted by molar-refractivity contribution is 6.39. The first kappa shape index (κ1) is 16.8. The summed E-state index contributed by atoms with van der Waals surface area (Å²) in [7, 11) is 1.50. The van der Waals surface area contributed by atoms with Gasteiger partial charge in [-0.15, -0.1) is 0 Å². The predicted octanol–water partition coefficient (Wildman–Crippen LogP) is 2.65. The van der Waals surface area contributed by atoms with Gasteiger partial charge in [-0.1, -0.05) is 35.9 Å². The number of anilines is 1. The van der Waals surface area contributed by atoms with Crippen LogP contribution in [0.3, 0.4) is 0 Å². The van der Waals surface area contributed by atoms with Gasteiger partial charge in [-0.2, -0.15) is 0 Å². The molecule has 5 nitrogen and oxygen atoms in total. The first-order valence-electron chi connectivity index (χ1n) is 7.07. The molecule has 0 atom stereocenters. The van der Waals surface area contributed by atoms with Crippen molar-refractivity contribution in [2.45, 2.75) is 6.42 Å². The van der Waals surface area contributed by atoms with Crippen LogP contribution in [0.4, 0.5) is 5.69 Å². The van der Waals surface area contributed by atoms with E-state index in [1.807, 2.05) is 12.1 Å². The lowest BCUT2D eigenvalue weighted by molar-refractivity contribution is -0.136. The van der Waals surface area contributed by atoms with Gasteiger partial charge in [0.1, 0.15) is 5.75 Å². The molecule has 0 aliphatic heterocycles. The van der Waals surface area contributed by atoms with E-state index in [4.69, 9.17) is 16.3 Å². The Balaban J connectivity index is 1.83. The molecule has 2 amide bonds. The zero-order valence-electron chi connectivity index (χ0n) is 12.6. The summed E-state index contributed by atoms with van der Waals surface area (Å²) in [6.45, 7) is 0.361. The molecule has 120 valence electrons. The molecule has 23 heavy (non-hydrogen) atoms. The minimum atomic E-state index is -0.731. The summed E-state index contributed by atoms with van der Waals surface area (Å²) in [5, 5.41) is 5.76. The Morgan fingerprint density at radius 3 is 2.43 bits per heavy atom. The quantitative estimate of drug-likeness (QED) is 0.827. The molecule has 0 unspecified atom stereocenters. The highest BCUT2D eigenvalue weighted by Crippen LogP contribution is 2.22. The molecule has 0 radical (unpaired) electrons. The minimum absolute atomic E-state index is 0.361. The predicted molar refractivity (Wildman–Crippen MR) is 89.8 cm³/mol. The van der Waals surface area contributed by atoms with E-state index >= 15 is 0 Å². The number of benzene rings is 2. The van der Waals surface area contributed by atoms with Crippen molar-refractivity contribution in [3.05, 3.63) is 59.1 Å². The Bertz CT molecular complexity index is 686. The van der Waals surface area contributed by atoms with E-state index < -0.39 is 11.8 Å². The summed E-state index contributed by atoms with van der Waals surface area (Å²) in [5.74, 6) is -0.926. The molecule has 2 aromatic carbocycles. The van der Waals surface area contributed by atoms with Gasteiger partial charge in [0.25, 0.3) is 0 Å². The summed E-state index contributed by atoms with van der Waals surface area (Å²) in [6, 6.07) is 14.2. The lowest BCUT2D eigenvalue weighted by Gasteiger charge is -2.10. The molecule has 2 aromatic rings. The average Bonchev–Trinajstić information content (AvgIpc) is 2.57. The summed E-state index contributed by atoms with van der Waals surface area (Å²) >= 11 is 5.81. The van der Waals surface area contributed by atoms with Gasteiger partial charge in [-0.25, -0.2) is 0 Å². The maximum absolute atomic E-state index is 11.9. The van der Waals surface area contributed by atoms with E-state index in [0.29, 0.717) is 29.4 Å². The summed E-state index contributed by atoms with van der Waals surface area (Å²) in [4.78, 5) is 23.7. The number of hydrogen-bond acceptors (Lipinski definition) is 3. The lowest BCUT2D eigenvalue weighted by atomic mass is 10.1. The smallest absolute Gasteiger partial charge is 0.313 e. The van der Waals surface area contributed by atoms with Gasteiger partial charge >= 0.3 is 11.8 Å². The number of ether oxygens (including phenoxy) is 1. The molecule has 0 spiro atoms. The number of para-hydroxylation sites is 2. The Kier molecular flexibility index (Phi) is 6.00. The van der Waals surface area contributed by atoms with E-state index in [1.165, 1.54) is 7.11 Å². The highest BCUT2D eigenvalue weighted by Gasteiger charge is 2.14. The largest absolute Gasteiger partial charge is 0.495 e. The zero-order valence-corrected chi connectivity index (χ0v) is 13.4. The molecule has 0 bridgehead atoms. The Morgan fingerprint density at radius 1 is 1.04 bits per heavy atom. The van der Waals surface area contributed by atoms with E-state index in [2.05, 4.69) is 10.6 Å². The average molecular weight is 333 g/mol. The van der Waals surface area contributed by atoms with Crippen LogP contribution in [0.2, 0.25) is 5.02 Å². The van der Waals surface area contributed by atoms with Crippen LogP contribution in [-0.2, 0) is 16.0 Å². The second-order valence-corrected chi connectivity index (χ2v) is 5.22. The number of hydrogen-bond donors (Lipinski definition) is 2. The number of rotatable bonds is 5. The zero-order chi connectivity index (χ0) is 16.7. The van der Waals surface area contributed by atoms with Gasteiger partial charge in [0.15, 0.2) is 0 Å². The fourth-order valence-electron chi connectivity index (χ4n) is 1.98. The maximum Gasteiger partial charge on any atom is 0.313 e. The first-order valence-corrected chi connectivity index (χ1v) is 7.44. The number of carbonyl (C=O) groups is 2. The van der Waals surface area contributed by atoms with Crippen molar-refractivity contribution < 1.29 is 14.3 Å². The highest BCUT2D eigenvalue weighted by atomic mass is 35.5. The van der Waals surface area contributed by atoms with E-state index in [-0.39, 0.29) is 0 Å². The summed E-state index contributed by atoms with van der Waals surface area (Å²) < 4.78 is 5.12. The molecule has 0 fully saturated rings. The third-order valence-electron chi connectivity index (χ3n) is 3.17. The third-order valence-corrected chi connectivity index (χ3v) is 3.43. The van der Waals surface area contributed by atoms with Gasteiger partial charge in [0, 0.05) is 11.6 Å². The number of carbonyl (C=O) groups excluding carboxylic acids is 2. The van der Waals surface area contributed by atoms with Gasteiger partial charge in [-0.05, 0) is 36.2 Å². The van der Waals surface area contributed by atoms with Crippen molar-refractivity contribution in [2.24, 2.45) is 0 Å². The molecule has 2 N–H and O–H groups in total. The molecule has 0 aliphatic carbocycles.